The van der Waals surface area contributed by atoms with Gasteiger partial charge in [-0.05, 0) is 50.6 Å². The molecule has 0 spiro atoms. The topological polar surface area (TPSA) is 50.9 Å². The molecule has 1 heterocycles. The van der Waals surface area contributed by atoms with Crippen LogP contribution in [0, 0.1) is 0 Å². The van der Waals surface area contributed by atoms with Gasteiger partial charge in [0.1, 0.15) is 0 Å². The minimum atomic E-state index is -0.157. The lowest BCUT2D eigenvalue weighted by atomic mass is 10.0. The van der Waals surface area contributed by atoms with Gasteiger partial charge in [-0.2, -0.15) is 0 Å². The molecule has 1 aromatic heterocycles. The Labute approximate surface area is 166 Å². The third kappa shape index (κ3) is 5.42. The standard InChI is InChI=1S/C21H24ClN3.ClH/c1-21(2,23)10-11-24-14-16-12-19(15-6-4-3-5-7-15)25-20-13-17(22)8-9-18(16)20;/h3-9,12-13,24H,10-11,14,23H2,1-2H3;1H. The largest absolute Gasteiger partial charge is 0.326 e. The van der Waals surface area contributed by atoms with Crippen LogP contribution in [0.2, 0.25) is 5.02 Å². The lowest BCUT2D eigenvalue weighted by Crippen LogP contribution is -2.35. The number of nitrogens with zero attached hydrogens (tertiary/aromatic N) is 1. The number of hydrogen-bond donors (Lipinski definition) is 2. The van der Waals surface area contributed by atoms with E-state index in [1.807, 2.05) is 50.2 Å². The maximum absolute atomic E-state index is 6.18. The average molecular weight is 390 g/mol. The van der Waals surface area contributed by atoms with Gasteiger partial charge in [0.25, 0.3) is 0 Å². The monoisotopic (exact) mass is 389 g/mol. The molecule has 3 nitrogen and oxygen atoms in total. The van der Waals surface area contributed by atoms with E-state index in [2.05, 4.69) is 23.5 Å². The Kier molecular flexibility index (Phi) is 7.01. The summed E-state index contributed by atoms with van der Waals surface area (Å²) in [5.74, 6) is 0. The van der Waals surface area contributed by atoms with Crippen molar-refractivity contribution >= 4 is 34.9 Å². The second kappa shape index (κ2) is 8.83. The Bertz CT molecular complexity index is 858. The zero-order valence-corrected chi connectivity index (χ0v) is 16.7. The molecule has 0 aliphatic rings. The van der Waals surface area contributed by atoms with Gasteiger partial charge in [-0.1, -0.05) is 48.0 Å². The number of halogens is 2. The summed E-state index contributed by atoms with van der Waals surface area (Å²) in [5.41, 5.74) is 10.1. The molecule has 26 heavy (non-hydrogen) atoms. The van der Waals surface area contributed by atoms with Crippen LogP contribution in [0.3, 0.4) is 0 Å². The quantitative estimate of drug-likeness (QED) is 0.569. The SMILES string of the molecule is CC(C)(N)CCNCc1cc(-c2ccccc2)nc2cc(Cl)ccc12.Cl. The van der Waals surface area contributed by atoms with Gasteiger partial charge in [0.05, 0.1) is 11.2 Å². The van der Waals surface area contributed by atoms with Gasteiger partial charge in [-0.25, -0.2) is 4.98 Å². The number of pyridine rings is 1. The summed E-state index contributed by atoms with van der Waals surface area (Å²) >= 11 is 6.18. The van der Waals surface area contributed by atoms with Gasteiger partial charge in [0.2, 0.25) is 0 Å². The highest BCUT2D eigenvalue weighted by Crippen LogP contribution is 2.26. The van der Waals surface area contributed by atoms with E-state index in [1.54, 1.807) is 0 Å². The fourth-order valence-corrected chi connectivity index (χ4v) is 2.98. The van der Waals surface area contributed by atoms with E-state index in [-0.39, 0.29) is 17.9 Å². The molecule has 0 saturated heterocycles. The molecular formula is C21H25Cl2N3. The van der Waals surface area contributed by atoms with Crippen molar-refractivity contribution in [1.29, 1.82) is 0 Å². The van der Waals surface area contributed by atoms with Crippen LogP contribution in [0.25, 0.3) is 22.2 Å². The van der Waals surface area contributed by atoms with E-state index in [9.17, 15) is 0 Å². The maximum atomic E-state index is 6.18. The average Bonchev–Trinajstić information content (AvgIpc) is 2.58. The van der Waals surface area contributed by atoms with Gasteiger partial charge < -0.3 is 11.1 Å². The summed E-state index contributed by atoms with van der Waals surface area (Å²) in [5, 5.41) is 5.33. The predicted molar refractivity (Wildman–Crippen MR) is 114 cm³/mol. The molecule has 2 aromatic carbocycles. The van der Waals surface area contributed by atoms with Gasteiger partial charge >= 0.3 is 0 Å². The van der Waals surface area contributed by atoms with E-state index >= 15 is 0 Å². The van der Waals surface area contributed by atoms with Gasteiger partial charge in [-0.3, -0.25) is 0 Å². The first-order valence-electron chi connectivity index (χ1n) is 8.57. The lowest BCUT2D eigenvalue weighted by molar-refractivity contribution is 0.455. The predicted octanol–water partition coefficient (Wildman–Crippen LogP) is 5.19. The van der Waals surface area contributed by atoms with Crippen LogP contribution >= 0.6 is 24.0 Å². The molecule has 0 aliphatic carbocycles. The minimum Gasteiger partial charge on any atom is -0.326 e. The minimum absolute atomic E-state index is 0. The highest BCUT2D eigenvalue weighted by Gasteiger charge is 2.11. The van der Waals surface area contributed by atoms with E-state index in [4.69, 9.17) is 22.3 Å². The first kappa shape index (κ1) is 20.7. The summed E-state index contributed by atoms with van der Waals surface area (Å²) in [4.78, 5) is 4.80. The highest BCUT2D eigenvalue weighted by atomic mass is 35.5. The lowest BCUT2D eigenvalue weighted by Gasteiger charge is -2.18. The van der Waals surface area contributed by atoms with Crippen LogP contribution in [0.5, 0.6) is 0 Å². The summed E-state index contributed by atoms with van der Waals surface area (Å²) < 4.78 is 0. The van der Waals surface area contributed by atoms with E-state index in [0.29, 0.717) is 5.02 Å². The van der Waals surface area contributed by atoms with E-state index in [0.717, 1.165) is 41.7 Å². The second-order valence-electron chi connectivity index (χ2n) is 7.11. The summed E-state index contributed by atoms with van der Waals surface area (Å²) in [7, 11) is 0. The van der Waals surface area contributed by atoms with E-state index in [1.165, 1.54) is 5.56 Å². The molecule has 5 heteroatoms. The van der Waals surface area contributed by atoms with Crippen molar-refractivity contribution in [3.63, 3.8) is 0 Å². The number of nitrogens with one attached hydrogen (secondary N) is 1. The Morgan fingerprint density at radius 1 is 1.08 bits per heavy atom. The van der Waals surface area contributed by atoms with Crippen molar-refractivity contribution in [1.82, 2.24) is 10.3 Å². The number of fused-ring (bicyclic) bond motifs is 1. The van der Waals surface area contributed by atoms with Crippen molar-refractivity contribution in [2.24, 2.45) is 5.73 Å². The fraction of sp³-hybridized carbons (Fsp3) is 0.286. The molecule has 0 unspecified atom stereocenters. The number of nitrogens with two attached hydrogens (primary N) is 1. The molecular weight excluding hydrogens is 365 g/mol. The Hall–Kier alpha value is -1.65. The van der Waals surface area contributed by atoms with Crippen molar-refractivity contribution in [2.45, 2.75) is 32.4 Å². The third-order valence-corrected chi connectivity index (χ3v) is 4.42. The van der Waals surface area contributed by atoms with Gasteiger partial charge in [0, 0.05) is 28.1 Å². The molecule has 0 saturated carbocycles. The molecule has 3 aromatic rings. The third-order valence-electron chi connectivity index (χ3n) is 4.19. The fourth-order valence-electron chi connectivity index (χ4n) is 2.81. The Morgan fingerprint density at radius 2 is 1.81 bits per heavy atom. The van der Waals surface area contributed by atoms with Crippen molar-refractivity contribution in [3.05, 3.63) is 65.2 Å². The van der Waals surface area contributed by atoms with Gasteiger partial charge in [0.15, 0.2) is 0 Å². The van der Waals surface area contributed by atoms with Crippen LogP contribution < -0.4 is 11.1 Å². The van der Waals surface area contributed by atoms with Crippen LogP contribution in [0.15, 0.2) is 54.6 Å². The smallest absolute Gasteiger partial charge is 0.0727 e. The van der Waals surface area contributed by atoms with Gasteiger partial charge in [-0.15, -0.1) is 12.4 Å². The van der Waals surface area contributed by atoms with Crippen molar-refractivity contribution in [2.75, 3.05) is 6.54 Å². The molecule has 0 aliphatic heterocycles. The van der Waals surface area contributed by atoms with Crippen LogP contribution in [0.4, 0.5) is 0 Å². The Balaban J connectivity index is 0.00000243. The first-order valence-corrected chi connectivity index (χ1v) is 8.94. The maximum Gasteiger partial charge on any atom is 0.0727 e. The first-order chi connectivity index (χ1) is 11.9. The van der Waals surface area contributed by atoms with Crippen LogP contribution in [-0.4, -0.2) is 17.1 Å². The zero-order valence-electron chi connectivity index (χ0n) is 15.1. The molecule has 0 atom stereocenters. The summed E-state index contributed by atoms with van der Waals surface area (Å²) in [6, 6.07) is 18.3. The molecule has 3 N–H and O–H groups in total. The number of aromatic nitrogens is 1. The second-order valence-corrected chi connectivity index (χ2v) is 7.55. The normalized spacial score (nSPS) is 11.4. The van der Waals surface area contributed by atoms with Crippen molar-refractivity contribution in [3.8, 4) is 11.3 Å². The zero-order chi connectivity index (χ0) is 17.9. The summed E-state index contributed by atoms with van der Waals surface area (Å²) in [6.07, 6.45) is 0.924. The van der Waals surface area contributed by atoms with E-state index < -0.39 is 0 Å². The molecule has 138 valence electrons. The van der Waals surface area contributed by atoms with Crippen molar-refractivity contribution < 1.29 is 0 Å². The summed E-state index contributed by atoms with van der Waals surface area (Å²) in [6.45, 7) is 5.75. The number of hydrogen-bond acceptors (Lipinski definition) is 3. The molecule has 0 amide bonds. The van der Waals surface area contributed by atoms with Crippen LogP contribution in [-0.2, 0) is 6.54 Å². The Morgan fingerprint density at radius 3 is 2.50 bits per heavy atom. The number of rotatable bonds is 6. The molecule has 3 rings (SSSR count). The van der Waals surface area contributed by atoms with Crippen LogP contribution in [0.1, 0.15) is 25.8 Å². The highest BCUT2D eigenvalue weighted by molar-refractivity contribution is 6.31. The molecule has 0 bridgehead atoms. The number of benzene rings is 2. The molecule has 0 fully saturated rings. The molecule has 0 radical (unpaired) electrons.